The second-order valence-corrected chi connectivity index (χ2v) is 6.49. The fourth-order valence-electron chi connectivity index (χ4n) is 2.99. The van der Waals surface area contributed by atoms with Crippen LogP contribution in [-0.4, -0.2) is 43.5 Å². The zero-order chi connectivity index (χ0) is 12.1. The summed E-state index contributed by atoms with van der Waals surface area (Å²) in [6, 6.07) is 0.330. The van der Waals surface area contributed by atoms with E-state index in [9.17, 15) is 0 Å². The van der Waals surface area contributed by atoms with Crippen molar-refractivity contribution in [1.29, 1.82) is 0 Å². The summed E-state index contributed by atoms with van der Waals surface area (Å²) in [6.45, 7) is 1.74. The molecule has 2 heterocycles. The van der Waals surface area contributed by atoms with Gasteiger partial charge in [-0.15, -0.1) is 0 Å². The van der Waals surface area contributed by atoms with E-state index >= 15 is 0 Å². The normalized spacial score (nSPS) is 35.3. The molecular weight excluding hydrogens is 234 g/mol. The molecule has 1 spiro atoms. The van der Waals surface area contributed by atoms with Gasteiger partial charge in [0, 0.05) is 32.1 Å². The van der Waals surface area contributed by atoms with Crippen LogP contribution in [0.15, 0.2) is 0 Å². The van der Waals surface area contributed by atoms with E-state index in [4.69, 9.17) is 15.2 Å². The molecule has 2 rings (SSSR count). The van der Waals surface area contributed by atoms with Crippen molar-refractivity contribution in [3.05, 3.63) is 0 Å². The third kappa shape index (κ3) is 3.60. The van der Waals surface area contributed by atoms with Gasteiger partial charge in [0.05, 0.1) is 5.60 Å². The molecule has 2 N–H and O–H groups in total. The van der Waals surface area contributed by atoms with Crippen molar-refractivity contribution >= 4 is 11.8 Å². The summed E-state index contributed by atoms with van der Waals surface area (Å²) in [4.78, 5) is 0. The summed E-state index contributed by atoms with van der Waals surface area (Å²) in [5.41, 5.74) is 6.50. The average Bonchev–Trinajstić information content (AvgIpc) is 2.77. The molecule has 0 saturated carbocycles. The summed E-state index contributed by atoms with van der Waals surface area (Å²) >= 11 is 2.03. The van der Waals surface area contributed by atoms with Gasteiger partial charge in [-0.25, -0.2) is 0 Å². The minimum Gasteiger partial charge on any atom is -0.385 e. The summed E-state index contributed by atoms with van der Waals surface area (Å²) in [5.74, 6) is 3.08. The lowest BCUT2D eigenvalue weighted by Crippen LogP contribution is -2.45. The standard InChI is InChI=1S/C13H25NO2S/c1-15-6-2-3-12(14)11-4-7-16-13(9-11)5-8-17-10-13/h11-12H,2-10,14H2,1H3. The Morgan fingerprint density at radius 3 is 3.18 bits per heavy atom. The lowest BCUT2D eigenvalue weighted by Gasteiger charge is -2.40. The van der Waals surface area contributed by atoms with E-state index in [2.05, 4.69) is 0 Å². The van der Waals surface area contributed by atoms with Crippen molar-refractivity contribution < 1.29 is 9.47 Å². The van der Waals surface area contributed by atoms with E-state index in [0.29, 0.717) is 12.0 Å². The fourth-order valence-corrected chi connectivity index (χ4v) is 4.37. The van der Waals surface area contributed by atoms with E-state index < -0.39 is 0 Å². The monoisotopic (exact) mass is 259 g/mol. The number of rotatable bonds is 5. The second-order valence-electron chi connectivity index (χ2n) is 5.39. The molecule has 0 bridgehead atoms. The van der Waals surface area contributed by atoms with Crippen molar-refractivity contribution in [2.75, 3.05) is 31.8 Å². The highest BCUT2D eigenvalue weighted by Crippen LogP contribution is 2.41. The summed E-state index contributed by atoms with van der Waals surface area (Å²) in [5, 5.41) is 0. The Balaban J connectivity index is 1.79. The number of nitrogens with two attached hydrogens (primary N) is 1. The Kier molecular flexibility index (Phi) is 5.15. The first-order valence-electron chi connectivity index (χ1n) is 6.72. The van der Waals surface area contributed by atoms with Crippen molar-refractivity contribution in [3.8, 4) is 0 Å². The lowest BCUT2D eigenvalue weighted by molar-refractivity contribution is -0.0837. The molecule has 2 aliphatic heterocycles. The van der Waals surface area contributed by atoms with Crippen molar-refractivity contribution in [3.63, 3.8) is 0 Å². The Hall–Kier alpha value is 0.230. The summed E-state index contributed by atoms with van der Waals surface area (Å²) < 4.78 is 11.1. The molecule has 0 radical (unpaired) electrons. The van der Waals surface area contributed by atoms with Crippen LogP contribution in [0, 0.1) is 5.92 Å². The molecule has 2 saturated heterocycles. The van der Waals surface area contributed by atoms with Crippen molar-refractivity contribution in [2.45, 2.75) is 43.7 Å². The Morgan fingerprint density at radius 1 is 1.59 bits per heavy atom. The zero-order valence-electron chi connectivity index (χ0n) is 10.8. The van der Waals surface area contributed by atoms with Gasteiger partial charge in [0.25, 0.3) is 0 Å². The fraction of sp³-hybridized carbons (Fsp3) is 1.00. The maximum absolute atomic E-state index is 6.32. The van der Waals surface area contributed by atoms with Gasteiger partial charge < -0.3 is 15.2 Å². The van der Waals surface area contributed by atoms with Gasteiger partial charge in [0.2, 0.25) is 0 Å². The van der Waals surface area contributed by atoms with Crippen LogP contribution in [0.25, 0.3) is 0 Å². The average molecular weight is 259 g/mol. The highest BCUT2D eigenvalue weighted by Gasteiger charge is 2.41. The number of methoxy groups -OCH3 is 1. The summed E-state index contributed by atoms with van der Waals surface area (Å²) in [6.07, 6.45) is 5.70. The van der Waals surface area contributed by atoms with E-state index in [0.717, 1.165) is 32.5 Å². The number of ether oxygens (including phenoxy) is 2. The summed E-state index contributed by atoms with van der Waals surface area (Å²) in [7, 11) is 1.75. The Bertz CT molecular complexity index is 231. The first-order chi connectivity index (χ1) is 8.26. The van der Waals surface area contributed by atoms with Gasteiger partial charge >= 0.3 is 0 Å². The molecule has 0 amide bonds. The van der Waals surface area contributed by atoms with E-state index in [-0.39, 0.29) is 5.60 Å². The SMILES string of the molecule is COCCCC(N)C1CCOC2(CCSC2)C1. The molecule has 3 unspecified atom stereocenters. The maximum Gasteiger partial charge on any atom is 0.0783 e. The Labute approximate surface area is 109 Å². The second kappa shape index (κ2) is 6.41. The van der Waals surface area contributed by atoms with Gasteiger partial charge in [-0.05, 0) is 43.8 Å². The minimum absolute atomic E-state index is 0.173. The number of hydrogen-bond donors (Lipinski definition) is 1. The van der Waals surface area contributed by atoms with Crippen LogP contribution in [0.3, 0.4) is 0 Å². The number of thioether (sulfide) groups is 1. The zero-order valence-corrected chi connectivity index (χ0v) is 11.6. The Morgan fingerprint density at radius 2 is 2.47 bits per heavy atom. The van der Waals surface area contributed by atoms with Gasteiger partial charge in [-0.2, -0.15) is 11.8 Å². The van der Waals surface area contributed by atoms with Crippen LogP contribution in [0.5, 0.6) is 0 Å². The molecule has 0 aromatic rings. The van der Waals surface area contributed by atoms with Crippen LogP contribution in [0.4, 0.5) is 0 Å². The molecule has 0 aromatic heterocycles. The van der Waals surface area contributed by atoms with Crippen LogP contribution < -0.4 is 5.73 Å². The topological polar surface area (TPSA) is 44.5 Å². The molecule has 100 valence electrons. The quantitative estimate of drug-likeness (QED) is 0.767. The van der Waals surface area contributed by atoms with Gasteiger partial charge in [-0.3, -0.25) is 0 Å². The molecule has 2 aliphatic rings. The third-order valence-corrected chi connectivity index (χ3v) is 5.31. The largest absolute Gasteiger partial charge is 0.385 e. The highest BCUT2D eigenvalue weighted by atomic mass is 32.2. The molecule has 17 heavy (non-hydrogen) atoms. The smallest absolute Gasteiger partial charge is 0.0783 e. The minimum atomic E-state index is 0.173. The van der Waals surface area contributed by atoms with E-state index in [1.165, 1.54) is 24.3 Å². The van der Waals surface area contributed by atoms with E-state index in [1.54, 1.807) is 7.11 Å². The van der Waals surface area contributed by atoms with Crippen LogP contribution in [0.2, 0.25) is 0 Å². The molecule has 0 aromatic carbocycles. The molecular formula is C13H25NO2S. The lowest BCUT2D eigenvalue weighted by atomic mass is 9.80. The van der Waals surface area contributed by atoms with Gasteiger partial charge in [-0.1, -0.05) is 0 Å². The van der Waals surface area contributed by atoms with Crippen LogP contribution in [0.1, 0.15) is 32.1 Å². The maximum atomic E-state index is 6.32. The van der Waals surface area contributed by atoms with Crippen molar-refractivity contribution in [2.24, 2.45) is 11.7 Å². The van der Waals surface area contributed by atoms with Gasteiger partial charge in [0.15, 0.2) is 0 Å². The van der Waals surface area contributed by atoms with E-state index in [1.807, 2.05) is 11.8 Å². The van der Waals surface area contributed by atoms with Gasteiger partial charge in [0.1, 0.15) is 0 Å². The number of hydrogen-bond acceptors (Lipinski definition) is 4. The predicted molar refractivity (Wildman–Crippen MR) is 72.4 cm³/mol. The van der Waals surface area contributed by atoms with Crippen molar-refractivity contribution in [1.82, 2.24) is 0 Å². The van der Waals surface area contributed by atoms with Crippen LogP contribution >= 0.6 is 11.8 Å². The third-order valence-electron chi connectivity index (χ3n) is 4.09. The van der Waals surface area contributed by atoms with Crippen LogP contribution in [-0.2, 0) is 9.47 Å². The predicted octanol–water partition coefficient (Wildman–Crippen LogP) is 2.04. The molecule has 4 heteroatoms. The first kappa shape index (κ1) is 13.7. The highest BCUT2D eigenvalue weighted by molar-refractivity contribution is 7.99. The first-order valence-corrected chi connectivity index (χ1v) is 7.87. The molecule has 0 aliphatic carbocycles. The molecule has 2 fully saturated rings. The molecule has 3 nitrogen and oxygen atoms in total. The molecule has 3 atom stereocenters.